The maximum Gasteiger partial charge on any atom is 0.262 e. The molecule has 2 rings (SSSR count). The number of hydrazine groups is 1. The van der Waals surface area contributed by atoms with Crippen molar-refractivity contribution in [3.05, 3.63) is 23.8 Å². The van der Waals surface area contributed by atoms with Crippen LogP contribution < -0.4 is 21.3 Å². The van der Waals surface area contributed by atoms with Crippen LogP contribution in [0, 0.1) is 0 Å². The zero-order valence-corrected chi connectivity index (χ0v) is 8.41. The van der Waals surface area contributed by atoms with Gasteiger partial charge in [0.15, 0.2) is 6.61 Å². The van der Waals surface area contributed by atoms with Gasteiger partial charge in [-0.3, -0.25) is 16.1 Å². The van der Waals surface area contributed by atoms with E-state index in [9.17, 15) is 4.79 Å². The van der Waals surface area contributed by atoms with Crippen molar-refractivity contribution in [2.24, 2.45) is 5.84 Å². The highest BCUT2D eigenvalue weighted by molar-refractivity contribution is 5.95. The Kier molecular flexibility index (Phi) is 2.57. The van der Waals surface area contributed by atoms with Crippen molar-refractivity contribution in [3.63, 3.8) is 0 Å². The number of hydrogen-bond acceptors (Lipinski definition) is 4. The number of nitrogens with two attached hydrogens (primary N) is 1. The molecule has 1 atom stereocenters. The van der Waals surface area contributed by atoms with Gasteiger partial charge in [0.25, 0.3) is 5.91 Å². The largest absolute Gasteiger partial charge is 0.482 e. The van der Waals surface area contributed by atoms with E-state index in [2.05, 4.69) is 10.7 Å². The van der Waals surface area contributed by atoms with E-state index in [1.54, 1.807) is 0 Å². The quantitative estimate of drug-likeness (QED) is 0.488. The predicted octanol–water partition coefficient (Wildman–Crippen LogP) is 0.542. The van der Waals surface area contributed by atoms with Crippen LogP contribution in [0.15, 0.2) is 18.2 Å². The summed E-state index contributed by atoms with van der Waals surface area (Å²) in [5, 5.41) is 2.75. The third kappa shape index (κ3) is 1.93. The van der Waals surface area contributed by atoms with Crippen molar-refractivity contribution in [1.29, 1.82) is 0 Å². The van der Waals surface area contributed by atoms with Gasteiger partial charge in [0.2, 0.25) is 0 Å². The molecule has 0 spiro atoms. The Labute approximate surface area is 87.6 Å². The average molecular weight is 207 g/mol. The normalized spacial score (nSPS) is 16.3. The third-order valence-corrected chi connectivity index (χ3v) is 2.39. The Balaban J connectivity index is 2.32. The summed E-state index contributed by atoms with van der Waals surface area (Å²) in [6, 6.07) is 5.64. The fraction of sp³-hybridized carbons (Fsp3) is 0.300. The molecule has 1 aliphatic rings. The first-order chi connectivity index (χ1) is 7.20. The number of hydrogen-bond donors (Lipinski definition) is 3. The summed E-state index contributed by atoms with van der Waals surface area (Å²) in [5.74, 6) is 5.90. The minimum Gasteiger partial charge on any atom is -0.482 e. The monoisotopic (exact) mass is 207 g/mol. The zero-order valence-electron chi connectivity index (χ0n) is 8.41. The van der Waals surface area contributed by atoms with E-state index in [0.717, 1.165) is 5.56 Å². The number of carbonyl (C=O) groups is 1. The van der Waals surface area contributed by atoms with Crippen molar-refractivity contribution in [3.8, 4) is 5.75 Å². The van der Waals surface area contributed by atoms with Gasteiger partial charge in [-0.05, 0) is 24.6 Å². The highest BCUT2D eigenvalue weighted by Crippen LogP contribution is 2.30. The van der Waals surface area contributed by atoms with Gasteiger partial charge in [-0.25, -0.2) is 0 Å². The van der Waals surface area contributed by atoms with Crippen LogP contribution in [0.4, 0.5) is 5.69 Å². The number of fused-ring (bicyclic) bond motifs is 1. The molecule has 1 heterocycles. The maximum atomic E-state index is 11.1. The van der Waals surface area contributed by atoms with Gasteiger partial charge in [-0.15, -0.1) is 0 Å². The fourth-order valence-corrected chi connectivity index (χ4v) is 1.47. The third-order valence-electron chi connectivity index (χ3n) is 2.39. The molecule has 80 valence electrons. The maximum absolute atomic E-state index is 11.1. The van der Waals surface area contributed by atoms with E-state index < -0.39 is 0 Å². The van der Waals surface area contributed by atoms with Crippen LogP contribution in [0.3, 0.4) is 0 Å². The van der Waals surface area contributed by atoms with Gasteiger partial charge in [0, 0.05) is 6.04 Å². The lowest BCUT2D eigenvalue weighted by Gasteiger charge is -2.20. The van der Waals surface area contributed by atoms with E-state index in [1.165, 1.54) is 0 Å². The van der Waals surface area contributed by atoms with Gasteiger partial charge < -0.3 is 10.1 Å². The second-order valence-corrected chi connectivity index (χ2v) is 3.48. The molecule has 1 unspecified atom stereocenters. The Morgan fingerprint density at radius 3 is 3.13 bits per heavy atom. The molecule has 0 saturated carbocycles. The summed E-state index contributed by atoms with van der Waals surface area (Å²) < 4.78 is 5.24. The van der Waals surface area contributed by atoms with Gasteiger partial charge in [-0.2, -0.15) is 0 Å². The van der Waals surface area contributed by atoms with Gasteiger partial charge >= 0.3 is 0 Å². The topological polar surface area (TPSA) is 76.4 Å². The molecule has 5 nitrogen and oxygen atoms in total. The van der Waals surface area contributed by atoms with Crippen molar-refractivity contribution >= 4 is 11.6 Å². The van der Waals surface area contributed by atoms with Crippen molar-refractivity contribution in [2.75, 3.05) is 11.9 Å². The van der Waals surface area contributed by atoms with Crippen molar-refractivity contribution < 1.29 is 9.53 Å². The summed E-state index contributed by atoms with van der Waals surface area (Å²) in [6.45, 7) is 2.02. The summed E-state index contributed by atoms with van der Waals surface area (Å²) in [5.41, 5.74) is 4.35. The van der Waals surface area contributed by atoms with Crippen LogP contribution in [0.25, 0.3) is 0 Å². The smallest absolute Gasteiger partial charge is 0.262 e. The number of ether oxygens (including phenoxy) is 1. The molecular weight excluding hydrogens is 194 g/mol. The number of benzene rings is 1. The molecule has 5 heteroatoms. The standard InChI is InChI=1S/C10H13N3O2/c1-6(13-11)7-2-3-9-8(4-7)12-10(14)5-15-9/h2-4,6,13H,5,11H2,1H3,(H,12,14). The van der Waals surface area contributed by atoms with Crippen LogP contribution in [-0.2, 0) is 4.79 Å². The Hall–Kier alpha value is -1.59. The minimum absolute atomic E-state index is 0.0362. The summed E-state index contributed by atoms with van der Waals surface area (Å²) >= 11 is 0. The first-order valence-electron chi connectivity index (χ1n) is 4.73. The molecule has 1 aromatic rings. The molecule has 0 aliphatic carbocycles. The van der Waals surface area contributed by atoms with E-state index in [-0.39, 0.29) is 18.6 Å². The lowest BCUT2D eigenvalue weighted by atomic mass is 10.1. The molecule has 15 heavy (non-hydrogen) atoms. The molecular formula is C10H13N3O2. The predicted molar refractivity (Wildman–Crippen MR) is 56.3 cm³/mol. The molecule has 0 fully saturated rings. The molecule has 0 radical (unpaired) electrons. The molecule has 1 aromatic carbocycles. The van der Waals surface area contributed by atoms with Crippen LogP contribution in [0.2, 0.25) is 0 Å². The lowest BCUT2D eigenvalue weighted by Crippen LogP contribution is -2.27. The molecule has 0 saturated heterocycles. The van der Waals surface area contributed by atoms with E-state index in [1.807, 2.05) is 25.1 Å². The van der Waals surface area contributed by atoms with Gasteiger partial charge in [-0.1, -0.05) is 6.07 Å². The van der Waals surface area contributed by atoms with Crippen molar-refractivity contribution in [1.82, 2.24) is 5.43 Å². The molecule has 0 bridgehead atoms. The molecule has 0 aromatic heterocycles. The second kappa shape index (κ2) is 3.88. The second-order valence-electron chi connectivity index (χ2n) is 3.48. The van der Waals surface area contributed by atoms with Crippen LogP contribution >= 0.6 is 0 Å². The molecule has 1 amide bonds. The minimum atomic E-state index is -0.131. The van der Waals surface area contributed by atoms with E-state index in [0.29, 0.717) is 11.4 Å². The zero-order chi connectivity index (χ0) is 10.8. The summed E-state index contributed by atoms with van der Waals surface area (Å²) in [7, 11) is 0. The summed E-state index contributed by atoms with van der Waals surface area (Å²) in [4.78, 5) is 11.1. The highest BCUT2D eigenvalue weighted by atomic mass is 16.5. The van der Waals surface area contributed by atoms with Gasteiger partial charge in [0.1, 0.15) is 5.75 Å². The fourth-order valence-electron chi connectivity index (χ4n) is 1.47. The van der Waals surface area contributed by atoms with Crippen LogP contribution in [-0.4, -0.2) is 12.5 Å². The molecule has 1 aliphatic heterocycles. The number of nitrogens with one attached hydrogen (secondary N) is 2. The first-order valence-corrected chi connectivity index (χ1v) is 4.73. The Bertz CT molecular complexity index is 392. The average Bonchev–Trinajstić information content (AvgIpc) is 2.27. The van der Waals surface area contributed by atoms with Crippen LogP contribution in [0.1, 0.15) is 18.5 Å². The van der Waals surface area contributed by atoms with Crippen molar-refractivity contribution in [2.45, 2.75) is 13.0 Å². The van der Waals surface area contributed by atoms with E-state index in [4.69, 9.17) is 10.6 Å². The number of amides is 1. The first kappa shape index (κ1) is 9.95. The summed E-state index contributed by atoms with van der Waals surface area (Å²) in [6.07, 6.45) is 0. The Morgan fingerprint density at radius 2 is 2.40 bits per heavy atom. The number of anilines is 1. The highest BCUT2D eigenvalue weighted by Gasteiger charge is 2.16. The number of carbonyl (C=O) groups excluding carboxylic acids is 1. The number of rotatable bonds is 2. The van der Waals surface area contributed by atoms with Crippen LogP contribution in [0.5, 0.6) is 5.75 Å². The Morgan fingerprint density at radius 1 is 1.60 bits per heavy atom. The van der Waals surface area contributed by atoms with Gasteiger partial charge in [0.05, 0.1) is 5.69 Å². The SMILES string of the molecule is CC(NN)c1ccc2c(c1)NC(=O)CO2. The van der Waals surface area contributed by atoms with E-state index >= 15 is 0 Å². The lowest BCUT2D eigenvalue weighted by molar-refractivity contribution is -0.118. The molecule has 4 N–H and O–H groups in total.